The molecule has 0 saturated heterocycles. The topological polar surface area (TPSA) is 89.4 Å². The largest absolute Gasteiger partial charge is 0.368 e. The third-order valence-electron chi connectivity index (χ3n) is 3.86. The smallest absolute Gasteiger partial charge is 0.240 e. The molecule has 0 aromatic heterocycles. The summed E-state index contributed by atoms with van der Waals surface area (Å²) in [6.07, 6.45) is 1.47. The second-order valence-corrected chi connectivity index (χ2v) is 5.29. The van der Waals surface area contributed by atoms with Gasteiger partial charge in [-0.2, -0.15) is 0 Å². The van der Waals surface area contributed by atoms with Gasteiger partial charge in [0.2, 0.25) is 11.8 Å². The van der Waals surface area contributed by atoms with E-state index in [1.54, 1.807) is 4.90 Å². The second-order valence-electron chi connectivity index (χ2n) is 5.29. The molecule has 5 heteroatoms. The van der Waals surface area contributed by atoms with E-state index in [1.807, 2.05) is 31.2 Å². The number of rotatable bonds is 4. The Hall–Kier alpha value is -1.88. The number of nitrogens with two attached hydrogens (primary N) is 2. The lowest BCUT2D eigenvalue weighted by molar-refractivity contribution is -0.141. The maximum atomic E-state index is 12.3. The molecule has 5 nitrogen and oxygen atoms in total. The average molecular weight is 275 g/mol. The highest BCUT2D eigenvalue weighted by molar-refractivity contribution is 5.87. The van der Waals surface area contributed by atoms with Gasteiger partial charge in [0.15, 0.2) is 0 Å². The van der Waals surface area contributed by atoms with Gasteiger partial charge < -0.3 is 16.4 Å². The summed E-state index contributed by atoms with van der Waals surface area (Å²) in [5.41, 5.74) is 13.4. The summed E-state index contributed by atoms with van der Waals surface area (Å²) in [5, 5.41) is 0. The number of benzene rings is 1. The van der Waals surface area contributed by atoms with Crippen molar-refractivity contribution in [1.29, 1.82) is 0 Å². The quantitative estimate of drug-likeness (QED) is 0.841. The molecule has 1 aliphatic heterocycles. The van der Waals surface area contributed by atoms with Crippen molar-refractivity contribution >= 4 is 11.8 Å². The van der Waals surface area contributed by atoms with Crippen LogP contribution in [0.1, 0.15) is 30.9 Å². The number of amides is 2. The minimum Gasteiger partial charge on any atom is -0.368 e. The average Bonchev–Trinajstić information content (AvgIpc) is 2.45. The molecule has 2 rings (SSSR count). The monoisotopic (exact) mass is 275 g/mol. The predicted molar refractivity (Wildman–Crippen MR) is 76.6 cm³/mol. The fraction of sp³-hybridized carbons (Fsp3) is 0.467. The second kappa shape index (κ2) is 6.05. The molecule has 2 atom stereocenters. The maximum absolute atomic E-state index is 12.3. The molecule has 0 bridgehead atoms. The van der Waals surface area contributed by atoms with E-state index in [-0.39, 0.29) is 18.4 Å². The summed E-state index contributed by atoms with van der Waals surface area (Å²) in [5.74, 6) is -0.560. The lowest BCUT2D eigenvalue weighted by Crippen LogP contribution is -2.52. The van der Waals surface area contributed by atoms with E-state index < -0.39 is 11.9 Å². The lowest BCUT2D eigenvalue weighted by atomic mass is 9.93. The lowest BCUT2D eigenvalue weighted by Gasteiger charge is -2.35. The summed E-state index contributed by atoms with van der Waals surface area (Å²) in [6.45, 7) is 2.37. The van der Waals surface area contributed by atoms with Crippen molar-refractivity contribution in [1.82, 2.24) is 4.90 Å². The van der Waals surface area contributed by atoms with Gasteiger partial charge in [0.1, 0.15) is 6.04 Å². The van der Waals surface area contributed by atoms with Crippen LogP contribution in [0.4, 0.5) is 0 Å². The Balaban J connectivity index is 2.22. The van der Waals surface area contributed by atoms with Gasteiger partial charge in [-0.05, 0) is 17.5 Å². The first-order valence-corrected chi connectivity index (χ1v) is 6.94. The van der Waals surface area contributed by atoms with Gasteiger partial charge >= 0.3 is 0 Å². The van der Waals surface area contributed by atoms with Gasteiger partial charge in [-0.25, -0.2) is 0 Å². The van der Waals surface area contributed by atoms with Crippen LogP contribution in [0.5, 0.6) is 0 Å². The van der Waals surface area contributed by atoms with Crippen molar-refractivity contribution < 1.29 is 9.59 Å². The molecule has 4 N–H and O–H groups in total. The summed E-state index contributed by atoms with van der Waals surface area (Å²) in [7, 11) is 0. The van der Waals surface area contributed by atoms with Gasteiger partial charge in [-0.15, -0.1) is 0 Å². The Morgan fingerprint density at radius 1 is 1.35 bits per heavy atom. The molecular formula is C15H21N3O2. The van der Waals surface area contributed by atoms with Crippen molar-refractivity contribution in [2.24, 2.45) is 11.5 Å². The van der Waals surface area contributed by atoms with E-state index in [1.165, 1.54) is 0 Å². The Kier molecular flexibility index (Phi) is 4.39. The van der Waals surface area contributed by atoms with Crippen LogP contribution in [0.3, 0.4) is 0 Å². The van der Waals surface area contributed by atoms with Crippen LogP contribution in [-0.2, 0) is 22.6 Å². The number of carbonyl (C=O) groups excluding carboxylic acids is 2. The highest BCUT2D eigenvalue weighted by atomic mass is 16.2. The van der Waals surface area contributed by atoms with Crippen LogP contribution in [0.25, 0.3) is 0 Å². The fourth-order valence-corrected chi connectivity index (χ4v) is 2.53. The zero-order valence-corrected chi connectivity index (χ0v) is 11.7. The number of primary amides is 1. The van der Waals surface area contributed by atoms with Gasteiger partial charge in [0.05, 0.1) is 0 Å². The molecule has 2 amide bonds. The van der Waals surface area contributed by atoms with E-state index in [4.69, 9.17) is 11.5 Å². The molecule has 1 aromatic carbocycles. The van der Waals surface area contributed by atoms with Crippen LogP contribution in [0.15, 0.2) is 24.3 Å². The van der Waals surface area contributed by atoms with E-state index in [0.29, 0.717) is 13.0 Å². The van der Waals surface area contributed by atoms with Crippen molar-refractivity contribution in [3.63, 3.8) is 0 Å². The molecule has 1 unspecified atom stereocenters. The third-order valence-corrected chi connectivity index (χ3v) is 3.86. The van der Waals surface area contributed by atoms with Gasteiger partial charge in [-0.1, -0.05) is 31.2 Å². The Bertz CT molecular complexity index is 516. The first-order chi connectivity index (χ1) is 9.52. The summed E-state index contributed by atoms with van der Waals surface area (Å²) in [6, 6.07) is 7.08. The normalized spacial score (nSPS) is 19.3. The van der Waals surface area contributed by atoms with Crippen molar-refractivity contribution in [2.75, 3.05) is 0 Å². The van der Waals surface area contributed by atoms with Gasteiger partial charge in [0, 0.05) is 25.4 Å². The molecule has 20 heavy (non-hydrogen) atoms. The SMILES string of the molecule is CCC(N)CC(=O)N1Cc2ccccc2C[C@H]1C(N)=O. The summed E-state index contributed by atoms with van der Waals surface area (Å²) < 4.78 is 0. The predicted octanol–water partition coefficient (Wildman–Crippen LogP) is 0.553. The van der Waals surface area contributed by atoms with Gasteiger partial charge in [-0.3, -0.25) is 9.59 Å². The minimum atomic E-state index is -0.568. The molecule has 0 spiro atoms. The van der Waals surface area contributed by atoms with Crippen LogP contribution in [0, 0.1) is 0 Å². The minimum absolute atomic E-state index is 0.0994. The van der Waals surface area contributed by atoms with Crippen molar-refractivity contribution in [3.05, 3.63) is 35.4 Å². The zero-order chi connectivity index (χ0) is 14.7. The fourth-order valence-electron chi connectivity index (χ4n) is 2.53. The van der Waals surface area contributed by atoms with E-state index in [0.717, 1.165) is 17.5 Å². The van der Waals surface area contributed by atoms with Crippen LogP contribution in [0.2, 0.25) is 0 Å². The Morgan fingerprint density at radius 2 is 2.00 bits per heavy atom. The number of fused-ring (bicyclic) bond motifs is 1. The molecule has 0 saturated carbocycles. The Morgan fingerprint density at radius 3 is 2.60 bits per heavy atom. The molecule has 1 heterocycles. The van der Waals surface area contributed by atoms with E-state index in [2.05, 4.69) is 0 Å². The molecule has 0 fully saturated rings. The molecular weight excluding hydrogens is 254 g/mol. The number of hydrogen-bond acceptors (Lipinski definition) is 3. The highest BCUT2D eigenvalue weighted by Crippen LogP contribution is 2.24. The highest BCUT2D eigenvalue weighted by Gasteiger charge is 2.33. The molecule has 108 valence electrons. The van der Waals surface area contributed by atoms with Crippen molar-refractivity contribution in [3.8, 4) is 0 Å². The standard InChI is InChI=1S/C15H21N3O2/c1-2-12(16)8-14(19)18-9-11-6-4-3-5-10(11)7-13(18)15(17)20/h3-6,12-13H,2,7-9,16H2,1H3,(H2,17,20)/t12?,13-/m0/s1. The number of carbonyl (C=O) groups is 2. The van der Waals surface area contributed by atoms with Crippen molar-refractivity contribution in [2.45, 2.75) is 44.8 Å². The van der Waals surface area contributed by atoms with Crippen LogP contribution in [-0.4, -0.2) is 28.8 Å². The first-order valence-electron chi connectivity index (χ1n) is 6.94. The molecule has 1 aromatic rings. The van der Waals surface area contributed by atoms with E-state index in [9.17, 15) is 9.59 Å². The maximum Gasteiger partial charge on any atom is 0.240 e. The van der Waals surface area contributed by atoms with Gasteiger partial charge in [0.25, 0.3) is 0 Å². The first kappa shape index (κ1) is 14.5. The van der Waals surface area contributed by atoms with Crippen LogP contribution < -0.4 is 11.5 Å². The number of nitrogens with zero attached hydrogens (tertiary/aromatic N) is 1. The third kappa shape index (κ3) is 2.99. The molecule has 0 radical (unpaired) electrons. The summed E-state index contributed by atoms with van der Waals surface area (Å²) in [4.78, 5) is 25.5. The van der Waals surface area contributed by atoms with E-state index >= 15 is 0 Å². The molecule has 0 aliphatic carbocycles. The number of hydrogen-bond donors (Lipinski definition) is 2. The zero-order valence-electron chi connectivity index (χ0n) is 11.7. The Labute approximate surface area is 118 Å². The van der Waals surface area contributed by atoms with Crippen LogP contribution >= 0.6 is 0 Å². The molecule has 1 aliphatic rings. The summed E-state index contributed by atoms with van der Waals surface area (Å²) >= 11 is 0.